The lowest BCUT2D eigenvalue weighted by Crippen LogP contribution is -2.26. The quantitative estimate of drug-likeness (QED) is 0.844. The number of benzene rings is 1. The molecule has 0 bridgehead atoms. The van der Waals surface area contributed by atoms with Crippen LogP contribution in [0.2, 0.25) is 0 Å². The van der Waals surface area contributed by atoms with E-state index in [9.17, 15) is 18.4 Å². The maximum absolute atomic E-state index is 14.0. The van der Waals surface area contributed by atoms with Crippen molar-refractivity contribution in [2.24, 2.45) is 0 Å². The number of amides is 1. The minimum atomic E-state index is -1.06. The summed E-state index contributed by atoms with van der Waals surface area (Å²) >= 11 is 0. The molecule has 2 rings (SSSR count). The van der Waals surface area contributed by atoms with Gasteiger partial charge in [-0.05, 0) is 30.3 Å². The van der Waals surface area contributed by atoms with Gasteiger partial charge in [-0.15, -0.1) is 0 Å². The topological polar surface area (TPSA) is 88.5 Å². The lowest BCUT2D eigenvalue weighted by molar-refractivity contribution is -0.136. The highest BCUT2D eigenvalue weighted by Crippen LogP contribution is 2.30. The number of carbonyl (C=O) groups excluding carboxylic acids is 1. The Morgan fingerprint density at radius 1 is 1.25 bits per heavy atom. The van der Waals surface area contributed by atoms with Gasteiger partial charge in [-0.3, -0.25) is 9.59 Å². The Balaban J connectivity index is 2.35. The van der Waals surface area contributed by atoms with Crippen molar-refractivity contribution in [3.8, 4) is 17.0 Å². The molecule has 2 aromatic rings. The molecule has 0 unspecified atom stereocenters. The van der Waals surface area contributed by atoms with Gasteiger partial charge < -0.3 is 15.2 Å². The SMILES string of the molecule is COc1ccc(C(=O)NCCC(=O)O)nc1-c1cc(F)ccc1F. The van der Waals surface area contributed by atoms with Gasteiger partial charge in [0.05, 0.1) is 13.5 Å². The molecule has 1 aromatic heterocycles. The molecular weight excluding hydrogens is 322 g/mol. The van der Waals surface area contributed by atoms with Gasteiger partial charge >= 0.3 is 5.97 Å². The van der Waals surface area contributed by atoms with E-state index >= 15 is 0 Å². The van der Waals surface area contributed by atoms with Gasteiger partial charge in [0.1, 0.15) is 28.8 Å². The number of carboxylic acids is 1. The van der Waals surface area contributed by atoms with Gasteiger partial charge in [0, 0.05) is 12.1 Å². The Kier molecular flexibility index (Phi) is 5.41. The van der Waals surface area contributed by atoms with E-state index in [4.69, 9.17) is 9.84 Å². The Morgan fingerprint density at radius 3 is 2.67 bits per heavy atom. The monoisotopic (exact) mass is 336 g/mol. The van der Waals surface area contributed by atoms with Crippen molar-refractivity contribution in [1.29, 1.82) is 0 Å². The number of hydrogen-bond acceptors (Lipinski definition) is 4. The molecule has 0 aliphatic heterocycles. The Bertz CT molecular complexity index is 781. The van der Waals surface area contributed by atoms with Crippen LogP contribution >= 0.6 is 0 Å². The maximum Gasteiger partial charge on any atom is 0.305 e. The van der Waals surface area contributed by atoms with Crippen molar-refractivity contribution in [2.45, 2.75) is 6.42 Å². The molecule has 0 saturated carbocycles. The van der Waals surface area contributed by atoms with Crippen molar-refractivity contribution < 1.29 is 28.2 Å². The molecule has 0 aliphatic rings. The summed E-state index contributed by atoms with van der Waals surface area (Å²) < 4.78 is 32.4. The van der Waals surface area contributed by atoms with E-state index in [-0.39, 0.29) is 35.7 Å². The number of carbonyl (C=O) groups is 2. The molecule has 1 aromatic carbocycles. The highest BCUT2D eigenvalue weighted by Gasteiger charge is 2.17. The number of halogens is 2. The number of rotatable bonds is 6. The average Bonchev–Trinajstić information content (AvgIpc) is 2.56. The second kappa shape index (κ2) is 7.49. The lowest BCUT2D eigenvalue weighted by atomic mass is 10.1. The molecule has 126 valence electrons. The lowest BCUT2D eigenvalue weighted by Gasteiger charge is -2.11. The minimum absolute atomic E-state index is 0.0274. The van der Waals surface area contributed by atoms with Gasteiger partial charge in [-0.1, -0.05) is 0 Å². The van der Waals surface area contributed by atoms with Crippen LogP contribution < -0.4 is 10.1 Å². The van der Waals surface area contributed by atoms with Crippen LogP contribution in [-0.4, -0.2) is 35.6 Å². The predicted octanol–water partition coefficient (Wildman–Crippen LogP) is 2.24. The number of carboxylic acid groups (broad SMARTS) is 1. The predicted molar refractivity (Wildman–Crippen MR) is 80.7 cm³/mol. The van der Waals surface area contributed by atoms with E-state index in [1.807, 2.05) is 0 Å². The highest BCUT2D eigenvalue weighted by atomic mass is 19.1. The van der Waals surface area contributed by atoms with Crippen LogP contribution in [0.5, 0.6) is 5.75 Å². The normalized spacial score (nSPS) is 10.3. The van der Waals surface area contributed by atoms with Crippen molar-refractivity contribution in [1.82, 2.24) is 10.3 Å². The maximum atomic E-state index is 14.0. The summed E-state index contributed by atoms with van der Waals surface area (Å²) in [5.41, 5.74) is -0.243. The number of nitrogens with zero attached hydrogens (tertiary/aromatic N) is 1. The third-order valence-electron chi connectivity index (χ3n) is 3.12. The van der Waals surface area contributed by atoms with Crippen molar-refractivity contribution in [3.63, 3.8) is 0 Å². The van der Waals surface area contributed by atoms with Crippen molar-refractivity contribution >= 4 is 11.9 Å². The molecule has 0 saturated heterocycles. The Labute approximate surface area is 136 Å². The summed E-state index contributed by atoms with van der Waals surface area (Å²) in [4.78, 5) is 26.5. The van der Waals surface area contributed by atoms with E-state index in [1.165, 1.54) is 19.2 Å². The van der Waals surface area contributed by atoms with Crippen LogP contribution in [0.15, 0.2) is 30.3 Å². The molecule has 0 radical (unpaired) electrons. The van der Waals surface area contributed by atoms with Gasteiger partial charge in [0.25, 0.3) is 5.91 Å². The molecular formula is C16H14F2N2O4. The minimum Gasteiger partial charge on any atom is -0.494 e. The number of pyridine rings is 1. The van der Waals surface area contributed by atoms with Crippen LogP contribution in [0.25, 0.3) is 11.3 Å². The number of methoxy groups -OCH3 is 1. The summed E-state index contributed by atoms with van der Waals surface area (Å²) in [5.74, 6) is -2.89. The van der Waals surface area contributed by atoms with E-state index in [0.717, 1.165) is 18.2 Å². The van der Waals surface area contributed by atoms with Crippen LogP contribution in [0.3, 0.4) is 0 Å². The van der Waals surface area contributed by atoms with Gasteiger partial charge in [-0.25, -0.2) is 13.8 Å². The van der Waals surface area contributed by atoms with Crippen LogP contribution in [0, 0.1) is 11.6 Å². The van der Waals surface area contributed by atoms with Crippen LogP contribution in [0.4, 0.5) is 8.78 Å². The average molecular weight is 336 g/mol. The van der Waals surface area contributed by atoms with E-state index in [1.54, 1.807) is 0 Å². The summed E-state index contributed by atoms with van der Waals surface area (Å²) in [6, 6.07) is 5.61. The third kappa shape index (κ3) is 4.03. The molecule has 2 N–H and O–H groups in total. The van der Waals surface area contributed by atoms with Crippen molar-refractivity contribution in [3.05, 3.63) is 47.7 Å². The first-order chi connectivity index (χ1) is 11.4. The van der Waals surface area contributed by atoms with Crippen LogP contribution in [-0.2, 0) is 4.79 Å². The largest absolute Gasteiger partial charge is 0.494 e. The first-order valence-electron chi connectivity index (χ1n) is 6.93. The fourth-order valence-electron chi connectivity index (χ4n) is 1.98. The zero-order valence-corrected chi connectivity index (χ0v) is 12.7. The first kappa shape index (κ1) is 17.3. The zero-order valence-electron chi connectivity index (χ0n) is 12.7. The Morgan fingerprint density at radius 2 is 2.00 bits per heavy atom. The molecule has 1 heterocycles. The number of nitrogens with one attached hydrogen (secondary N) is 1. The van der Waals surface area contributed by atoms with E-state index in [0.29, 0.717) is 0 Å². The summed E-state index contributed by atoms with van der Waals surface area (Å²) in [5, 5.41) is 10.9. The van der Waals surface area contributed by atoms with Gasteiger partial charge in [-0.2, -0.15) is 0 Å². The number of aliphatic carboxylic acids is 1. The molecule has 0 aliphatic carbocycles. The number of hydrogen-bond donors (Lipinski definition) is 2. The van der Waals surface area contributed by atoms with Crippen LogP contribution in [0.1, 0.15) is 16.9 Å². The zero-order chi connectivity index (χ0) is 17.7. The van der Waals surface area contributed by atoms with Gasteiger partial charge in [0.15, 0.2) is 0 Å². The molecule has 0 spiro atoms. The highest BCUT2D eigenvalue weighted by molar-refractivity contribution is 5.93. The second-order valence-corrected chi connectivity index (χ2v) is 4.77. The molecule has 6 nitrogen and oxygen atoms in total. The first-order valence-corrected chi connectivity index (χ1v) is 6.93. The number of aromatic nitrogens is 1. The van der Waals surface area contributed by atoms with E-state index in [2.05, 4.69) is 10.3 Å². The smallest absolute Gasteiger partial charge is 0.305 e. The molecule has 24 heavy (non-hydrogen) atoms. The molecule has 0 fully saturated rings. The third-order valence-corrected chi connectivity index (χ3v) is 3.12. The molecule has 1 amide bonds. The second-order valence-electron chi connectivity index (χ2n) is 4.77. The molecule has 0 atom stereocenters. The van der Waals surface area contributed by atoms with E-state index < -0.39 is 23.5 Å². The summed E-state index contributed by atoms with van der Waals surface area (Å²) in [6.07, 6.45) is -0.243. The van der Waals surface area contributed by atoms with Gasteiger partial charge in [0.2, 0.25) is 0 Å². The summed E-state index contributed by atoms with van der Waals surface area (Å²) in [7, 11) is 1.34. The summed E-state index contributed by atoms with van der Waals surface area (Å²) in [6.45, 7) is -0.0778. The molecule has 8 heteroatoms. The number of ether oxygens (including phenoxy) is 1. The Hall–Kier alpha value is -3.03. The fraction of sp³-hybridized carbons (Fsp3) is 0.188. The fourth-order valence-corrected chi connectivity index (χ4v) is 1.98. The standard InChI is InChI=1S/C16H14F2N2O4/c1-24-13-5-4-12(16(23)19-7-6-14(21)22)20-15(13)10-8-9(17)2-3-11(10)18/h2-5,8H,6-7H2,1H3,(H,19,23)(H,21,22). The van der Waals surface area contributed by atoms with Crippen molar-refractivity contribution in [2.75, 3.05) is 13.7 Å².